The van der Waals surface area contributed by atoms with Crippen molar-refractivity contribution in [2.45, 2.75) is 13.3 Å². The molecule has 2 aromatic carbocycles. The Morgan fingerprint density at radius 2 is 1.54 bits per heavy atom. The third kappa shape index (κ3) is 4.74. The molecule has 0 atom stereocenters. The topological polar surface area (TPSA) is 72.5 Å². The van der Waals surface area contributed by atoms with E-state index >= 15 is 0 Å². The number of rotatable bonds is 6. The van der Waals surface area contributed by atoms with E-state index in [1.54, 1.807) is 31.2 Å². The van der Waals surface area contributed by atoms with Crippen LogP contribution in [0.3, 0.4) is 0 Å². The Bertz CT molecular complexity index is 739. The van der Waals surface area contributed by atoms with E-state index < -0.39 is 18.4 Å². The predicted octanol–water partition coefficient (Wildman–Crippen LogP) is 3.21. The van der Waals surface area contributed by atoms with Crippen LogP contribution in [0.2, 0.25) is 0 Å². The van der Waals surface area contributed by atoms with Crippen LogP contribution in [0.15, 0.2) is 48.5 Å². The quantitative estimate of drug-likeness (QED) is 0.652. The van der Waals surface area contributed by atoms with E-state index in [9.17, 15) is 18.8 Å². The van der Waals surface area contributed by atoms with E-state index in [2.05, 4.69) is 5.32 Å². The van der Waals surface area contributed by atoms with Crippen LogP contribution in [0, 0.1) is 5.82 Å². The molecular formula is C18H16FNO4. The summed E-state index contributed by atoms with van der Waals surface area (Å²) >= 11 is 0. The van der Waals surface area contributed by atoms with Crippen LogP contribution in [-0.2, 0) is 9.53 Å². The van der Waals surface area contributed by atoms with Gasteiger partial charge < -0.3 is 10.1 Å². The molecule has 5 nitrogen and oxygen atoms in total. The summed E-state index contributed by atoms with van der Waals surface area (Å²) in [7, 11) is 0. The molecule has 1 amide bonds. The Kier molecular flexibility index (Phi) is 5.78. The molecule has 6 heteroatoms. The molecule has 0 aliphatic heterocycles. The zero-order chi connectivity index (χ0) is 17.5. The molecule has 0 aromatic heterocycles. The number of ether oxygens (including phenoxy) is 1. The van der Waals surface area contributed by atoms with Gasteiger partial charge in [0.25, 0.3) is 0 Å². The molecule has 0 bridgehead atoms. The second-order valence-corrected chi connectivity index (χ2v) is 4.99. The first-order chi connectivity index (χ1) is 11.5. The monoisotopic (exact) mass is 329 g/mol. The summed E-state index contributed by atoms with van der Waals surface area (Å²) in [4.78, 5) is 35.0. The molecule has 0 aliphatic carbocycles. The number of carbonyl (C=O) groups excluding carboxylic acids is 3. The summed E-state index contributed by atoms with van der Waals surface area (Å²) in [6.07, 6.45) is 0.361. The Morgan fingerprint density at radius 1 is 0.958 bits per heavy atom. The first-order valence-electron chi connectivity index (χ1n) is 7.35. The second-order valence-electron chi connectivity index (χ2n) is 4.99. The first-order valence-corrected chi connectivity index (χ1v) is 7.35. The van der Waals surface area contributed by atoms with Crippen molar-refractivity contribution < 1.29 is 23.5 Å². The minimum atomic E-state index is -0.699. The van der Waals surface area contributed by atoms with Gasteiger partial charge >= 0.3 is 5.97 Å². The molecule has 0 unspecified atom stereocenters. The van der Waals surface area contributed by atoms with Crippen LogP contribution >= 0.6 is 0 Å². The lowest BCUT2D eigenvalue weighted by atomic mass is 10.1. The average Bonchev–Trinajstić information content (AvgIpc) is 2.60. The van der Waals surface area contributed by atoms with E-state index in [0.29, 0.717) is 17.7 Å². The summed E-state index contributed by atoms with van der Waals surface area (Å²) < 4.78 is 17.7. The van der Waals surface area contributed by atoms with Gasteiger partial charge in [-0.3, -0.25) is 9.59 Å². The minimum Gasteiger partial charge on any atom is -0.454 e. The normalized spacial score (nSPS) is 10.1. The summed E-state index contributed by atoms with van der Waals surface area (Å²) in [5, 5.41) is 2.67. The number of hydrogen-bond acceptors (Lipinski definition) is 4. The molecule has 0 aliphatic rings. The summed E-state index contributed by atoms with van der Waals surface area (Å²) in [6, 6.07) is 11.1. The predicted molar refractivity (Wildman–Crippen MR) is 86.4 cm³/mol. The van der Waals surface area contributed by atoms with E-state index in [0.717, 1.165) is 12.1 Å². The van der Waals surface area contributed by atoms with E-state index in [1.165, 1.54) is 12.1 Å². The molecule has 0 fully saturated rings. The maximum absolute atomic E-state index is 12.8. The third-order valence-corrected chi connectivity index (χ3v) is 3.23. The number of amides is 1. The van der Waals surface area contributed by atoms with Crippen LogP contribution < -0.4 is 5.32 Å². The number of anilines is 1. The summed E-state index contributed by atoms with van der Waals surface area (Å²) in [5.41, 5.74) is 1.11. The van der Waals surface area contributed by atoms with Crippen molar-refractivity contribution in [3.8, 4) is 0 Å². The van der Waals surface area contributed by atoms with Gasteiger partial charge in [-0.15, -0.1) is 0 Å². The van der Waals surface area contributed by atoms with E-state index in [1.807, 2.05) is 0 Å². The number of ketones is 1. The Hall–Kier alpha value is -3.02. The van der Waals surface area contributed by atoms with Gasteiger partial charge in [0.15, 0.2) is 12.4 Å². The van der Waals surface area contributed by atoms with Crippen molar-refractivity contribution in [1.29, 1.82) is 0 Å². The first kappa shape index (κ1) is 17.3. The van der Waals surface area contributed by atoms with Gasteiger partial charge in [-0.25, -0.2) is 9.18 Å². The number of nitrogens with one attached hydrogen (secondary N) is 1. The average molecular weight is 329 g/mol. The lowest BCUT2D eigenvalue weighted by Crippen LogP contribution is -2.14. The van der Waals surface area contributed by atoms with Crippen LogP contribution in [0.25, 0.3) is 0 Å². The third-order valence-electron chi connectivity index (χ3n) is 3.23. The Balaban J connectivity index is 1.91. The fourth-order valence-electron chi connectivity index (χ4n) is 1.87. The number of halogens is 1. The lowest BCUT2D eigenvalue weighted by Gasteiger charge is -2.06. The Labute approximate surface area is 138 Å². The Morgan fingerprint density at radius 3 is 2.12 bits per heavy atom. The molecule has 2 aromatic rings. The smallest absolute Gasteiger partial charge is 0.338 e. The fraction of sp³-hybridized carbons (Fsp3) is 0.167. The molecule has 0 radical (unpaired) electrons. The number of carbonyl (C=O) groups is 3. The number of Topliss-reactive ketones (excluding diaryl/α,β-unsaturated/α-hetero) is 1. The fourth-order valence-corrected chi connectivity index (χ4v) is 1.87. The molecular weight excluding hydrogens is 313 g/mol. The van der Waals surface area contributed by atoms with Crippen LogP contribution in [0.4, 0.5) is 10.1 Å². The summed E-state index contributed by atoms with van der Waals surface area (Å²) in [6.45, 7) is 1.32. The summed E-state index contributed by atoms with van der Waals surface area (Å²) in [5.74, 6) is -1.66. The van der Waals surface area contributed by atoms with Crippen molar-refractivity contribution >= 4 is 23.3 Å². The van der Waals surface area contributed by atoms with Gasteiger partial charge in [0.05, 0.1) is 5.56 Å². The van der Waals surface area contributed by atoms with E-state index in [-0.39, 0.29) is 17.3 Å². The molecule has 1 N–H and O–H groups in total. The van der Waals surface area contributed by atoms with Gasteiger partial charge in [-0.1, -0.05) is 6.92 Å². The largest absolute Gasteiger partial charge is 0.454 e. The van der Waals surface area contributed by atoms with Crippen molar-refractivity contribution in [1.82, 2.24) is 0 Å². The molecule has 24 heavy (non-hydrogen) atoms. The van der Waals surface area contributed by atoms with Crippen LogP contribution in [-0.4, -0.2) is 24.3 Å². The SMILES string of the molecule is CCC(=O)Nc1ccc(C(=O)COC(=O)c2ccc(F)cc2)cc1. The van der Waals surface area contributed by atoms with Crippen LogP contribution in [0.5, 0.6) is 0 Å². The van der Waals surface area contributed by atoms with Gasteiger partial charge in [0.1, 0.15) is 5.82 Å². The zero-order valence-corrected chi connectivity index (χ0v) is 13.0. The van der Waals surface area contributed by atoms with Gasteiger partial charge in [-0.05, 0) is 48.5 Å². The van der Waals surface area contributed by atoms with Gasteiger partial charge in [0.2, 0.25) is 5.91 Å². The highest BCUT2D eigenvalue weighted by atomic mass is 19.1. The number of esters is 1. The molecule has 0 spiro atoms. The highest BCUT2D eigenvalue weighted by Gasteiger charge is 2.12. The van der Waals surface area contributed by atoms with E-state index in [4.69, 9.17) is 4.74 Å². The second kappa shape index (κ2) is 8.01. The highest BCUT2D eigenvalue weighted by molar-refractivity contribution is 6.00. The van der Waals surface area contributed by atoms with Gasteiger partial charge in [-0.2, -0.15) is 0 Å². The zero-order valence-electron chi connectivity index (χ0n) is 13.0. The van der Waals surface area contributed by atoms with Gasteiger partial charge in [0, 0.05) is 17.7 Å². The highest BCUT2D eigenvalue weighted by Crippen LogP contribution is 2.11. The molecule has 124 valence electrons. The van der Waals surface area contributed by atoms with Crippen molar-refractivity contribution in [2.75, 3.05) is 11.9 Å². The minimum absolute atomic E-state index is 0.123. The maximum atomic E-state index is 12.8. The molecule has 0 heterocycles. The lowest BCUT2D eigenvalue weighted by molar-refractivity contribution is -0.115. The standard InChI is InChI=1S/C18H16FNO4/c1-2-17(22)20-15-9-5-12(6-10-15)16(21)11-24-18(23)13-3-7-14(19)8-4-13/h3-10H,2,11H2,1H3,(H,20,22). The molecule has 0 saturated carbocycles. The molecule has 0 saturated heterocycles. The maximum Gasteiger partial charge on any atom is 0.338 e. The molecule has 2 rings (SSSR count). The van der Waals surface area contributed by atoms with Crippen LogP contribution in [0.1, 0.15) is 34.1 Å². The number of hydrogen-bond donors (Lipinski definition) is 1. The number of benzene rings is 2. The van der Waals surface area contributed by atoms with Crippen molar-refractivity contribution in [3.63, 3.8) is 0 Å². The van der Waals surface area contributed by atoms with Crippen molar-refractivity contribution in [3.05, 3.63) is 65.5 Å². The van der Waals surface area contributed by atoms with Crippen molar-refractivity contribution in [2.24, 2.45) is 0 Å².